The predicted octanol–water partition coefficient (Wildman–Crippen LogP) is 11.4. The van der Waals surface area contributed by atoms with E-state index in [1.807, 2.05) is 146 Å². The van der Waals surface area contributed by atoms with Crippen molar-refractivity contribution in [3.8, 4) is 68.6 Å². The van der Waals surface area contributed by atoms with E-state index in [9.17, 15) is 0 Å². The Labute approximate surface area is 354 Å². The molecule has 0 unspecified atom stereocenters. The zero-order chi connectivity index (χ0) is 41.0. The Morgan fingerprint density at radius 2 is 0.597 bits per heavy atom. The van der Waals surface area contributed by atoms with E-state index < -0.39 is 0 Å². The summed E-state index contributed by atoms with van der Waals surface area (Å²) in [5, 5.41) is 3.96. The maximum Gasteiger partial charge on any atom is 0.240 e. The lowest BCUT2D eigenvalue weighted by Gasteiger charge is -2.11. The van der Waals surface area contributed by atoms with Crippen LogP contribution < -0.4 is 0 Å². The molecule has 0 radical (unpaired) electrons. The Morgan fingerprint density at radius 1 is 0.290 bits per heavy atom. The predicted molar refractivity (Wildman–Crippen MR) is 245 cm³/mol. The molecule has 0 N–H and O–H groups in total. The summed E-state index contributed by atoms with van der Waals surface area (Å²) in [5.74, 6) is 3.24. The average Bonchev–Trinajstić information content (AvgIpc) is 3.88. The Kier molecular flexibility index (Phi) is 8.24. The monoisotopic (exact) mass is 796 g/mol. The van der Waals surface area contributed by atoms with Gasteiger partial charge in [0.15, 0.2) is 23.3 Å². The van der Waals surface area contributed by atoms with Crippen LogP contribution in [-0.4, -0.2) is 49.0 Å². The summed E-state index contributed by atoms with van der Waals surface area (Å²) >= 11 is 0. The van der Waals surface area contributed by atoms with Crippen LogP contribution in [0.1, 0.15) is 0 Å². The minimum atomic E-state index is 0.475. The first-order chi connectivity index (χ1) is 30.8. The Hall–Kier alpha value is -8.76. The van der Waals surface area contributed by atoms with Crippen LogP contribution in [0.4, 0.5) is 0 Å². The summed E-state index contributed by atoms with van der Waals surface area (Å²) in [6.07, 6.45) is 3.72. The molecule has 0 saturated heterocycles. The van der Waals surface area contributed by atoms with E-state index in [2.05, 4.69) is 57.7 Å². The van der Waals surface area contributed by atoms with Gasteiger partial charge in [-0.25, -0.2) is 19.9 Å². The van der Waals surface area contributed by atoms with Crippen molar-refractivity contribution in [3.05, 3.63) is 194 Å². The molecule has 0 amide bonds. The largest absolute Gasteiger partial charge is 0.262 e. The van der Waals surface area contributed by atoms with Crippen molar-refractivity contribution < 1.29 is 0 Å². The minimum absolute atomic E-state index is 0.475. The van der Waals surface area contributed by atoms with Crippen molar-refractivity contribution >= 4 is 43.9 Å². The molecular formula is C52H32N10. The molecule has 0 fully saturated rings. The molecule has 6 aromatic heterocycles. The lowest BCUT2D eigenvalue weighted by atomic mass is 9.98. The fraction of sp³-hybridized carbons (Fsp3) is 0. The molecule has 10 nitrogen and oxygen atoms in total. The van der Waals surface area contributed by atoms with Gasteiger partial charge in [0.25, 0.3) is 0 Å². The van der Waals surface area contributed by atoms with Crippen LogP contribution >= 0.6 is 0 Å². The van der Waals surface area contributed by atoms with E-state index in [4.69, 9.17) is 39.9 Å². The van der Waals surface area contributed by atoms with Crippen LogP contribution in [0.25, 0.3) is 112 Å². The summed E-state index contributed by atoms with van der Waals surface area (Å²) in [5.41, 5.74) is 8.84. The first-order valence-corrected chi connectivity index (χ1v) is 20.3. The molecule has 0 spiro atoms. The molecule has 6 aromatic carbocycles. The minimum Gasteiger partial charge on any atom is -0.262 e. The van der Waals surface area contributed by atoms with Crippen molar-refractivity contribution in [2.75, 3.05) is 0 Å². The van der Waals surface area contributed by atoms with Crippen molar-refractivity contribution in [1.82, 2.24) is 49.0 Å². The molecule has 0 aliphatic heterocycles. The van der Waals surface area contributed by atoms with Crippen molar-refractivity contribution in [3.63, 3.8) is 0 Å². The molecule has 0 saturated carbocycles. The van der Waals surface area contributed by atoms with Gasteiger partial charge in [-0.15, -0.1) is 0 Å². The van der Waals surface area contributed by atoms with E-state index in [-0.39, 0.29) is 0 Å². The Balaban J connectivity index is 1.12. The fourth-order valence-electron chi connectivity index (χ4n) is 8.41. The highest BCUT2D eigenvalue weighted by atomic mass is 15.2. The summed E-state index contributed by atoms with van der Waals surface area (Å²) < 4.78 is 4.11. The van der Waals surface area contributed by atoms with Crippen molar-refractivity contribution in [2.45, 2.75) is 0 Å². The van der Waals surface area contributed by atoms with Crippen molar-refractivity contribution in [1.29, 1.82) is 0 Å². The molecule has 62 heavy (non-hydrogen) atoms. The first kappa shape index (κ1) is 35.2. The number of rotatable bonds is 7. The molecule has 0 atom stereocenters. The van der Waals surface area contributed by atoms with Crippen LogP contribution in [0.2, 0.25) is 0 Å². The van der Waals surface area contributed by atoms with Crippen LogP contribution in [0.5, 0.6) is 0 Å². The number of hydrogen-bond acceptors (Lipinski definition) is 8. The van der Waals surface area contributed by atoms with Gasteiger partial charge in [-0.2, -0.15) is 19.9 Å². The molecule has 0 aliphatic carbocycles. The highest BCUT2D eigenvalue weighted by Crippen LogP contribution is 2.42. The lowest BCUT2D eigenvalue weighted by Crippen LogP contribution is -2.07. The standard InChI is InChI=1S/C52H32N10/c1-5-17-33(18-6-1)45-55-46(34-19-7-2-8-20-34)58-51(57-45)61-41-27-15-13-25-39(41)43-37(29-31-53-49(43)61)38-30-32-54-50-44(38)40-26-14-16-28-42(40)62(50)52-59-47(35-21-9-3-10-22-35)56-48(60-52)36-23-11-4-12-24-36/h1-32H. The van der Waals surface area contributed by atoms with Gasteiger partial charge in [-0.1, -0.05) is 158 Å². The third kappa shape index (κ3) is 5.81. The van der Waals surface area contributed by atoms with E-state index >= 15 is 0 Å². The van der Waals surface area contributed by atoms with Gasteiger partial charge in [-0.05, 0) is 35.4 Å². The third-order valence-electron chi connectivity index (χ3n) is 11.2. The van der Waals surface area contributed by atoms with Gasteiger partial charge in [0.05, 0.1) is 11.0 Å². The maximum atomic E-state index is 5.13. The average molecular weight is 797 g/mol. The molecular weight excluding hydrogens is 765 g/mol. The Bertz CT molecular complexity index is 3270. The second kappa shape index (κ2) is 14.5. The third-order valence-corrected chi connectivity index (χ3v) is 11.2. The smallest absolute Gasteiger partial charge is 0.240 e. The first-order valence-electron chi connectivity index (χ1n) is 20.3. The number of pyridine rings is 2. The van der Waals surface area contributed by atoms with E-state index in [1.165, 1.54) is 0 Å². The van der Waals surface area contributed by atoms with Gasteiger partial charge in [0.2, 0.25) is 11.9 Å². The van der Waals surface area contributed by atoms with Crippen LogP contribution in [-0.2, 0) is 0 Å². The van der Waals surface area contributed by atoms with Crippen LogP contribution in [0, 0.1) is 0 Å². The molecule has 0 aliphatic rings. The van der Waals surface area contributed by atoms with Gasteiger partial charge < -0.3 is 0 Å². The zero-order valence-electron chi connectivity index (χ0n) is 32.9. The normalized spacial score (nSPS) is 11.5. The van der Waals surface area contributed by atoms with E-state index in [0.29, 0.717) is 35.2 Å². The molecule has 12 rings (SSSR count). The quantitative estimate of drug-likeness (QED) is 0.157. The van der Waals surface area contributed by atoms with Gasteiger partial charge in [0.1, 0.15) is 11.3 Å². The Morgan fingerprint density at radius 3 is 0.935 bits per heavy atom. The number of nitrogens with zero attached hydrogens (tertiary/aromatic N) is 10. The second-order valence-electron chi connectivity index (χ2n) is 14.8. The van der Waals surface area contributed by atoms with Crippen molar-refractivity contribution in [2.24, 2.45) is 0 Å². The highest BCUT2D eigenvalue weighted by Gasteiger charge is 2.25. The highest BCUT2D eigenvalue weighted by molar-refractivity contribution is 6.20. The molecule has 290 valence electrons. The number of hydrogen-bond donors (Lipinski definition) is 0. The van der Waals surface area contributed by atoms with Gasteiger partial charge in [-0.3, -0.25) is 9.13 Å². The van der Waals surface area contributed by atoms with E-state index in [1.54, 1.807) is 0 Å². The molecule has 10 heteroatoms. The summed E-state index contributed by atoms with van der Waals surface area (Å²) in [4.78, 5) is 40.6. The summed E-state index contributed by atoms with van der Waals surface area (Å²) in [7, 11) is 0. The summed E-state index contributed by atoms with van der Waals surface area (Å²) in [6.45, 7) is 0. The van der Waals surface area contributed by atoms with Crippen LogP contribution in [0.3, 0.4) is 0 Å². The number of aromatic nitrogens is 10. The fourth-order valence-corrected chi connectivity index (χ4v) is 8.41. The van der Waals surface area contributed by atoms with E-state index in [0.717, 1.165) is 77.3 Å². The topological polar surface area (TPSA) is 113 Å². The lowest BCUT2D eigenvalue weighted by molar-refractivity contribution is 0.943. The number of fused-ring (bicyclic) bond motifs is 6. The van der Waals surface area contributed by atoms with Gasteiger partial charge in [0, 0.05) is 56.2 Å². The number of para-hydroxylation sites is 2. The maximum absolute atomic E-state index is 5.13. The molecule has 6 heterocycles. The second-order valence-corrected chi connectivity index (χ2v) is 14.8. The molecule has 12 aromatic rings. The SMILES string of the molecule is c1ccc(-c2nc(-c3ccccc3)nc(-n3c4ccccc4c4c(-c5ccnc6c5c5ccccc5n6-c5nc(-c6ccccc6)nc(-c6ccccc6)n5)ccnc43)n2)cc1. The summed E-state index contributed by atoms with van der Waals surface area (Å²) in [6, 6.07) is 60.9. The number of benzene rings is 6. The zero-order valence-corrected chi connectivity index (χ0v) is 32.9. The van der Waals surface area contributed by atoms with Crippen LogP contribution in [0.15, 0.2) is 194 Å². The molecule has 0 bridgehead atoms. The van der Waals surface area contributed by atoms with Gasteiger partial charge >= 0.3 is 0 Å².